The molecule has 1 saturated heterocycles. The molecular weight excluding hydrogens is 368 g/mol. The number of hydrogen-bond acceptors (Lipinski definition) is 5. The van der Waals surface area contributed by atoms with Crippen LogP contribution < -0.4 is 19.1 Å². The van der Waals surface area contributed by atoms with Gasteiger partial charge in [0.25, 0.3) is 0 Å². The SMILES string of the molecule is COc1ccccc1N1CCN(C(=O)C2(c3ccc4c(c3)OCCO4)CC2)CC1. The Labute approximate surface area is 171 Å². The fraction of sp³-hybridized carbons (Fsp3) is 0.435. The lowest BCUT2D eigenvalue weighted by atomic mass is 9.93. The van der Waals surface area contributed by atoms with Gasteiger partial charge in [-0.25, -0.2) is 0 Å². The van der Waals surface area contributed by atoms with E-state index >= 15 is 0 Å². The summed E-state index contributed by atoms with van der Waals surface area (Å²) >= 11 is 0. The molecule has 1 amide bonds. The van der Waals surface area contributed by atoms with E-state index in [9.17, 15) is 4.79 Å². The van der Waals surface area contributed by atoms with Gasteiger partial charge in [0.15, 0.2) is 11.5 Å². The van der Waals surface area contributed by atoms with Crippen molar-refractivity contribution >= 4 is 11.6 Å². The quantitative estimate of drug-likeness (QED) is 0.798. The molecule has 2 aromatic carbocycles. The van der Waals surface area contributed by atoms with Crippen LogP contribution in [0.2, 0.25) is 0 Å². The van der Waals surface area contributed by atoms with E-state index in [1.807, 2.05) is 41.3 Å². The van der Waals surface area contributed by atoms with E-state index in [-0.39, 0.29) is 11.3 Å². The minimum absolute atomic E-state index is 0.244. The Hall–Kier alpha value is -2.89. The van der Waals surface area contributed by atoms with Crippen molar-refractivity contribution in [3.05, 3.63) is 48.0 Å². The van der Waals surface area contributed by atoms with Crippen LogP contribution in [-0.2, 0) is 10.2 Å². The zero-order valence-corrected chi connectivity index (χ0v) is 16.7. The number of para-hydroxylation sites is 2. The molecule has 6 heteroatoms. The van der Waals surface area contributed by atoms with Crippen LogP contribution in [-0.4, -0.2) is 57.3 Å². The smallest absolute Gasteiger partial charge is 0.233 e. The van der Waals surface area contributed by atoms with E-state index in [2.05, 4.69) is 11.0 Å². The molecule has 2 aromatic rings. The van der Waals surface area contributed by atoms with Crippen LogP contribution in [0, 0.1) is 0 Å². The van der Waals surface area contributed by atoms with Gasteiger partial charge in [-0.3, -0.25) is 4.79 Å². The Morgan fingerprint density at radius 1 is 0.966 bits per heavy atom. The molecule has 2 heterocycles. The number of rotatable bonds is 4. The van der Waals surface area contributed by atoms with Crippen molar-refractivity contribution in [2.45, 2.75) is 18.3 Å². The summed E-state index contributed by atoms with van der Waals surface area (Å²) in [6, 6.07) is 14.0. The number of benzene rings is 2. The van der Waals surface area contributed by atoms with E-state index in [1.54, 1.807) is 7.11 Å². The molecule has 1 aliphatic carbocycles. The number of carbonyl (C=O) groups excluding carboxylic acids is 1. The fourth-order valence-electron chi connectivity index (χ4n) is 4.44. The highest BCUT2D eigenvalue weighted by Gasteiger charge is 2.53. The summed E-state index contributed by atoms with van der Waals surface area (Å²) in [6.45, 7) is 4.20. The summed E-state index contributed by atoms with van der Waals surface area (Å²) in [5, 5.41) is 0. The lowest BCUT2D eigenvalue weighted by Crippen LogP contribution is -2.51. The van der Waals surface area contributed by atoms with Crippen molar-refractivity contribution in [2.24, 2.45) is 0 Å². The molecule has 6 nitrogen and oxygen atoms in total. The molecule has 0 unspecified atom stereocenters. The van der Waals surface area contributed by atoms with Crippen molar-refractivity contribution in [3.63, 3.8) is 0 Å². The first-order valence-electron chi connectivity index (χ1n) is 10.3. The largest absolute Gasteiger partial charge is 0.495 e. The predicted molar refractivity (Wildman–Crippen MR) is 110 cm³/mol. The van der Waals surface area contributed by atoms with Crippen molar-refractivity contribution in [2.75, 3.05) is 51.4 Å². The molecule has 0 bridgehead atoms. The lowest BCUT2D eigenvalue weighted by Gasteiger charge is -2.38. The number of piperazine rings is 1. The van der Waals surface area contributed by atoms with Gasteiger partial charge in [-0.05, 0) is 42.7 Å². The van der Waals surface area contributed by atoms with E-state index in [1.165, 1.54) is 0 Å². The molecule has 0 spiro atoms. The lowest BCUT2D eigenvalue weighted by molar-refractivity contribution is -0.134. The van der Waals surface area contributed by atoms with Crippen molar-refractivity contribution in [1.82, 2.24) is 4.90 Å². The summed E-state index contributed by atoms with van der Waals surface area (Å²) in [7, 11) is 1.70. The molecule has 3 aliphatic rings. The maximum Gasteiger partial charge on any atom is 0.233 e. The van der Waals surface area contributed by atoms with Gasteiger partial charge in [-0.15, -0.1) is 0 Å². The Balaban J connectivity index is 1.29. The summed E-state index contributed by atoms with van der Waals surface area (Å²) in [4.78, 5) is 17.7. The van der Waals surface area contributed by atoms with Gasteiger partial charge in [0.1, 0.15) is 19.0 Å². The number of hydrogen-bond donors (Lipinski definition) is 0. The number of amides is 1. The van der Waals surface area contributed by atoms with Crippen LogP contribution in [0.1, 0.15) is 18.4 Å². The topological polar surface area (TPSA) is 51.2 Å². The average Bonchev–Trinajstić information content (AvgIpc) is 3.60. The zero-order valence-electron chi connectivity index (χ0n) is 16.7. The third kappa shape index (κ3) is 3.16. The van der Waals surface area contributed by atoms with Gasteiger partial charge in [0.2, 0.25) is 5.91 Å². The van der Waals surface area contributed by atoms with Crippen molar-refractivity contribution < 1.29 is 19.0 Å². The second kappa shape index (κ2) is 7.17. The Morgan fingerprint density at radius 2 is 1.69 bits per heavy atom. The summed E-state index contributed by atoms with van der Waals surface area (Å²) < 4.78 is 16.8. The Morgan fingerprint density at radius 3 is 2.41 bits per heavy atom. The second-order valence-corrected chi connectivity index (χ2v) is 7.89. The van der Waals surface area contributed by atoms with Gasteiger partial charge < -0.3 is 24.0 Å². The van der Waals surface area contributed by atoms with E-state index in [0.717, 1.165) is 67.5 Å². The van der Waals surface area contributed by atoms with E-state index in [4.69, 9.17) is 14.2 Å². The standard InChI is InChI=1S/C23H26N2O4/c1-27-19-5-3-2-4-18(19)24-10-12-25(13-11-24)22(26)23(8-9-23)17-6-7-20-21(16-17)29-15-14-28-20/h2-7,16H,8-15H2,1H3. The maximum atomic E-state index is 13.4. The first-order valence-corrected chi connectivity index (χ1v) is 10.3. The van der Waals surface area contributed by atoms with Gasteiger partial charge in [0.05, 0.1) is 18.2 Å². The van der Waals surface area contributed by atoms with Gasteiger partial charge in [-0.2, -0.15) is 0 Å². The second-order valence-electron chi connectivity index (χ2n) is 7.89. The number of fused-ring (bicyclic) bond motifs is 1. The molecule has 0 aromatic heterocycles. The van der Waals surface area contributed by atoms with Crippen LogP contribution in [0.5, 0.6) is 17.2 Å². The predicted octanol–water partition coefficient (Wildman–Crippen LogP) is 2.85. The maximum absolute atomic E-state index is 13.4. The average molecular weight is 394 g/mol. The highest BCUT2D eigenvalue weighted by atomic mass is 16.6. The van der Waals surface area contributed by atoms with Gasteiger partial charge in [0, 0.05) is 26.2 Å². The van der Waals surface area contributed by atoms with Crippen LogP contribution in [0.25, 0.3) is 0 Å². The first-order chi connectivity index (χ1) is 14.2. The zero-order chi connectivity index (χ0) is 19.8. The van der Waals surface area contributed by atoms with Crippen LogP contribution in [0.3, 0.4) is 0 Å². The molecule has 0 atom stereocenters. The van der Waals surface area contributed by atoms with Crippen molar-refractivity contribution in [3.8, 4) is 17.2 Å². The Kier molecular flexibility index (Phi) is 4.49. The summed E-state index contributed by atoms with van der Waals surface area (Å²) in [6.07, 6.45) is 1.80. The number of nitrogens with zero attached hydrogens (tertiary/aromatic N) is 2. The highest BCUT2D eigenvalue weighted by molar-refractivity contribution is 5.91. The third-order valence-corrected chi connectivity index (χ3v) is 6.25. The number of ether oxygens (including phenoxy) is 3. The molecule has 0 radical (unpaired) electrons. The summed E-state index contributed by atoms with van der Waals surface area (Å²) in [5.41, 5.74) is 1.76. The number of anilines is 1. The highest BCUT2D eigenvalue weighted by Crippen LogP contribution is 2.51. The van der Waals surface area contributed by atoms with E-state index < -0.39 is 0 Å². The van der Waals surface area contributed by atoms with Crippen LogP contribution in [0.15, 0.2) is 42.5 Å². The molecule has 2 aliphatic heterocycles. The molecule has 2 fully saturated rings. The third-order valence-electron chi connectivity index (χ3n) is 6.25. The monoisotopic (exact) mass is 394 g/mol. The normalized spacial score (nSPS) is 19.6. The fourth-order valence-corrected chi connectivity index (χ4v) is 4.44. The molecule has 0 N–H and O–H groups in total. The molecule has 29 heavy (non-hydrogen) atoms. The number of carbonyl (C=O) groups is 1. The van der Waals surface area contributed by atoms with Crippen LogP contribution in [0.4, 0.5) is 5.69 Å². The number of methoxy groups -OCH3 is 1. The minimum Gasteiger partial charge on any atom is -0.495 e. The minimum atomic E-state index is -0.386. The molecular formula is C23H26N2O4. The van der Waals surface area contributed by atoms with Crippen molar-refractivity contribution in [1.29, 1.82) is 0 Å². The Bertz CT molecular complexity index is 917. The molecule has 152 valence electrons. The first kappa shape index (κ1) is 18.2. The van der Waals surface area contributed by atoms with Gasteiger partial charge >= 0.3 is 0 Å². The van der Waals surface area contributed by atoms with Crippen LogP contribution >= 0.6 is 0 Å². The molecule has 1 saturated carbocycles. The van der Waals surface area contributed by atoms with E-state index in [0.29, 0.717) is 13.2 Å². The molecule has 5 rings (SSSR count). The van der Waals surface area contributed by atoms with Gasteiger partial charge in [-0.1, -0.05) is 18.2 Å². The summed E-state index contributed by atoms with van der Waals surface area (Å²) in [5.74, 6) is 2.65.